The van der Waals surface area contributed by atoms with Crippen molar-refractivity contribution in [3.05, 3.63) is 0 Å². The third-order valence-electron chi connectivity index (χ3n) is 1.98. The number of hydrogen-bond acceptors (Lipinski definition) is 2. The Hall–Kier alpha value is -0.500. The molecule has 0 heterocycles. The normalized spacial score (nSPS) is 18.8. The highest BCUT2D eigenvalue weighted by Crippen LogP contribution is 2.47. The third-order valence-corrected chi connectivity index (χ3v) is 1.98. The maximum absolute atomic E-state index is 12.8. The van der Waals surface area contributed by atoms with Gasteiger partial charge in [-0.15, -0.1) is 0 Å². The smallest absolute Gasteiger partial charge is 0.323 e. The first-order valence-corrected chi connectivity index (χ1v) is 4.03. The monoisotopic (exact) mass is 238 g/mol. The molecule has 0 bridgehead atoms. The predicted molar refractivity (Wildman–Crippen MR) is 42.1 cm³/mol. The van der Waals surface area contributed by atoms with Crippen LogP contribution in [0, 0.1) is 0 Å². The van der Waals surface area contributed by atoms with Crippen LogP contribution in [0.4, 0.5) is 26.3 Å². The molecule has 0 rings (SSSR count). The third kappa shape index (κ3) is 2.05. The molecule has 0 aromatic carbocycles. The summed E-state index contributed by atoms with van der Waals surface area (Å²) < 4.78 is 76.7. The van der Waals surface area contributed by atoms with Crippen LogP contribution < -0.4 is 11.5 Å². The van der Waals surface area contributed by atoms with Crippen molar-refractivity contribution in [3.63, 3.8) is 0 Å². The molecule has 0 amide bonds. The second-order valence-corrected chi connectivity index (χ2v) is 3.40. The van der Waals surface area contributed by atoms with Gasteiger partial charge in [0.25, 0.3) is 0 Å². The highest BCUT2D eigenvalue weighted by molar-refractivity contribution is 5.03. The quantitative estimate of drug-likeness (QED) is 0.731. The van der Waals surface area contributed by atoms with Crippen LogP contribution in [0.1, 0.15) is 13.8 Å². The molecule has 2 atom stereocenters. The molecule has 92 valence electrons. The zero-order valence-electron chi connectivity index (χ0n) is 8.08. The molecule has 0 aliphatic rings. The molecule has 0 aliphatic carbocycles. The van der Waals surface area contributed by atoms with E-state index in [0.29, 0.717) is 13.8 Å². The van der Waals surface area contributed by atoms with Crippen molar-refractivity contribution in [2.24, 2.45) is 11.5 Å². The zero-order valence-corrected chi connectivity index (χ0v) is 8.08. The van der Waals surface area contributed by atoms with Crippen molar-refractivity contribution in [2.75, 3.05) is 0 Å². The van der Waals surface area contributed by atoms with Crippen molar-refractivity contribution in [3.8, 4) is 0 Å². The van der Waals surface area contributed by atoms with E-state index < -0.39 is 29.9 Å². The van der Waals surface area contributed by atoms with E-state index in [4.69, 9.17) is 0 Å². The first-order valence-electron chi connectivity index (χ1n) is 4.03. The molecule has 0 aromatic rings. The van der Waals surface area contributed by atoms with E-state index in [2.05, 4.69) is 11.5 Å². The van der Waals surface area contributed by atoms with E-state index in [1.807, 2.05) is 0 Å². The number of rotatable bonds is 4. The molecule has 0 saturated carbocycles. The van der Waals surface area contributed by atoms with E-state index in [0.717, 1.165) is 0 Å². The summed E-state index contributed by atoms with van der Waals surface area (Å²) in [7, 11) is 0. The minimum atomic E-state index is -5.58. The van der Waals surface area contributed by atoms with Crippen LogP contribution in [0.15, 0.2) is 0 Å². The van der Waals surface area contributed by atoms with Gasteiger partial charge in [-0.25, -0.2) is 0 Å². The van der Waals surface area contributed by atoms with Crippen molar-refractivity contribution < 1.29 is 26.3 Å². The van der Waals surface area contributed by atoms with Crippen molar-refractivity contribution in [2.45, 2.75) is 43.7 Å². The van der Waals surface area contributed by atoms with Crippen LogP contribution in [0.25, 0.3) is 0 Å². The number of alkyl halides is 6. The molecule has 15 heavy (non-hydrogen) atoms. The maximum Gasteiger partial charge on any atom is 0.375 e. The molecule has 4 N–H and O–H groups in total. The fraction of sp³-hybridized carbons (Fsp3) is 1.00. The first kappa shape index (κ1) is 14.5. The van der Waals surface area contributed by atoms with Crippen LogP contribution in [0.3, 0.4) is 0 Å². The summed E-state index contributed by atoms with van der Waals surface area (Å²) in [5, 5.41) is 0. The summed E-state index contributed by atoms with van der Waals surface area (Å²) in [6.45, 7) is 1.04. The van der Waals surface area contributed by atoms with Crippen molar-refractivity contribution >= 4 is 0 Å². The van der Waals surface area contributed by atoms with Gasteiger partial charge in [-0.2, -0.15) is 26.3 Å². The Kier molecular flexibility index (Phi) is 3.69. The lowest BCUT2D eigenvalue weighted by Gasteiger charge is -2.36. The Morgan fingerprint density at radius 1 is 0.733 bits per heavy atom. The van der Waals surface area contributed by atoms with Gasteiger partial charge < -0.3 is 11.5 Å². The van der Waals surface area contributed by atoms with E-state index in [1.54, 1.807) is 0 Å². The highest BCUT2D eigenvalue weighted by Gasteiger charge is 2.73. The minimum Gasteiger partial charge on any atom is -0.323 e. The molecule has 2 nitrogen and oxygen atoms in total. The van der Waals surface area contributed by atoms with Gasteiger partial charge in [-0.1, -0.05) is 0 Å². The molecule has 0 aromatic heterocycles. The second kappa shape index (κ2) is 3.82. The molecule has 0 aliphatic heterocycles. The van der Waals surface area contributed by atoms with E-state index in [1.165, 1.54) is 0 Å². The molecular weight excluding hydrogens is 226 g/mol. The fourth-order valence-corrected chi connectivity index (χ4v) is 0.794. The van der Waals surface area contributed by atoms with E-state index in [-0.39, 0.29) is 0 Å². The topological polar surface area (TPSA) is 52.0 Å². The van der Waals surface area contributed by atoms with Crippen LogP contribution in [-0.4, -0.2) is 29.9 Å². The average molecular weight is 238 g/mol. The summed E-state index contributed by atoms with van der Waals surface area (Å²) in [4.78, 5) is 0. The molecular formula is C7H12F6N2. The SMILES string of the molecule is CC(N)C(F)(F)C(F)(F)C(F)(F)C(C)N. The Labute approximate surface area is 82.6 Å². The second-order valence-electron chi connectivity index (χ2n) is 3.40. The van der Waals surface area contributed by atoms with Crippen LogP contribution >= 0.6 is 0 Å². The Balaban J connectivity index is 5.30. The zero-order chi connectivity index (χ0) is 12.7. The average Bonchev–Trinajstić information content (AvgIpc) is 2.02. The minimum absolute atomic E-state index is 0.519. The van der Waals surface area contributed by atoms with E-state index >= 15 is 0 Å². The van der Waals surface area contributed by atoms with Crippen LogP contribution in [0.2, 0.25) is 0 Å². The standard InChI is InChI=1S/C7H12F6N2/c1-3(14)5(8,9)7(12,13)6(10,11)4(2)15/h3-4H,14-15H2,1-2H3. The molecule has 0 saturated heterocycles. The van der Waals surface area contributed by atoms with Gasteiger partial charge in [0.15, 0.2) is 0 Å². The van der Waals surface area contributed by atoms with Gasteiger partial charge >= 0.3 is 17.8 Å². The summed E-state index contributed by atoms with van der Waals surface area (Å²) in [5.74, 6) is -15.6. The van der Waals surface area contributed by atoms with Crippen molar-refractivity contribution in [1.82, 2.24) is 0 Å². The predicted octanol–water partition coefficient (Wildman–Crippen LogP) is 1.59. The number of halogens is 6. The van der Waals surface area contributed by atoms with Crippen LogP contribution in [-0.2, 0) is 0 Å². The van der Waals surface area contributed by atoms with Gasteiger partial charge in [0.05, 0.1) is 12.1 Å². The summed E-state index contributed by atoms with van der Waals surface area (Å²) >= 11 is 0. The molecule has 0 spiro atoms. The molecule has 0 radical (unpaired) electrons. The Morgan fingerprint density at radius 2 is 0.933 bits per heavy atom. The lowest BCUT2D eigenvalue weighted by Crippen LogP contribution is -2.65. The Morgan fingerprint density at radius 3 is 1.07 bits per heavy atom. The summed E-state index contributed by atoms with van der Waals surface area (Å²) in [5.41, 5.74) is 9.10. The molecule has 8 heteroatoms. The molecule has 0 fully saturated rings. The van der Waals surface area contributed by atoms with E-state index in [9.17, 15) is 26.3 Å². The fourth-order valence-electron chi connectivity index (χ4n) is 0.794. The maximum atomic E-state index is 12.8. The number of hydrogen-bond donors (Lipinski definition) is 2. The van der Waals surface area contributed by atoms with Gasteiger partial charge in [0, 0.05) is 0 Å². The number of nitrogens with two attached hydrogens (primary N) is 2. The van der Waals surface area contributed by atoms with Crippen LogP contribution in [0.5, 0.6) is 0 Å². The summed E-state index contributed by atoms with van der Waals surface area (Å²) in [6, 6.07) is -4.81. The first-order chi connectivity index (χ1) is 6.39. The lowest BCUT2D eigenvalue weighted by molar-refractivity contribution is -0.317. The largest absolute Gasteiger partial charge is 0.375 e. The molecule has 2 unspecified atom stereocenters. The highest BCUT2D eigenvalue weighted by atomic mass is 19.3. The Bertz CT molecular complexity index is 204. The van der Waals surface area contributed by atoms with Crippen molar-refractivity contribution in [1.29, 1.82) is 0 Å². The lowest BCUT2D eigenvalue weighted by atomic mass is 9.95. The summed E-state index contributed by atoms with van der Waals surface area (Å²) in [6.07, 6.45) is 0. The van der Waals surface area contributed by atoms with Gasteiger partial charge in [-0.3, -0.25) is 0 Å². The van der Waals surface area contributed by atoms with Gasteiger partial charge in [0.2, 0.25) is 0 Å². The van der Waals surface area contributed by atoms with Gasteiger partial charge in [-0.05, 0) is 13.8 Å². The van der Waals surface area contributed by atoms with Gasteiger partial charge in [0.1, 0.15) is 0 Å².